The second-order valence-corrected chi connectivity index (χ2v) is 6.30. The Labute approximate surface area is 170 Å². The van der Waals surface area contributed by atoms with Crippen LogP contribution >= 0.6 is 0 Å². The van der Waals surface area contributed by atoms with E-state index in [0.717, 1.165) is 16.7 Å². The molecular formula is C24H22N2O3. The lowest BCUT2D eigenvalue weighted by Crippen LogP contribution is -2.21. The van der Waals surface area contributed by atoms with Crippen LogP contribution in [0.15, 0.2) is 78.9 Å². The number of carbonyl (C=O) groups excluding carboxylic acids is 2. The fourth-order valence-corrected chi connectivity index (χ4v) is 2.88. The van der Waals surface area contributed by atoms with E-state index < -0.39 is 0 Å². The number of methoxy groups -OCH3 is 1. The first-order valence-corrected chi connectivity index (χ1v) is 9.15. The van der Waals surface area contributed by atoms with Crippen LogP contribution < -0.4 is 15.4 Å². The highest BCUT2D eigenvalue weighted by Gasteiger charge is 2.13. The lowest BCUT2D eigenvalue weighted by Gasteiger charge is -2.10. The Balaban J connectivity index is 1.76. The van der Waals surface area contributed by atoms with Crippen molar-refractivity contribution in [1.82, 2.24) is 5.32 Å². The van der Waals surface area contributed by atoms with Crippen molar-refractivity contribution in [1.29, 1.82) is 0 Å². The molecule has 29 heavy (non-hydrogen) atoms. The van der Waals surface area contributed by atoms with Gasteiger partial charge in [-0.1, -0.05) is 48.5 Å². The lowest BCUT2D eigenvalue weighted by atomic mass is 10.0. The normalized spacial score (nSPS) is 10.6. The number of nitrogens with one attached hydrogen (secondary N) is 2. The third-order valence-corrected chi connectivity index (χ3v) is 4.38. The van der Waals surface area contributed by atoms with Gasteiger partial charge in [-0.05, 0) is 47.0 Å². The van der Waals surface area contributed by atoms with E-state index in [1.165, 1.54) is 20.2 Å². The Morgan fingerprint density at radius 1 is 0.897 bits per heavy atom. The zero-order chi connectivity index (χ0) is 20.6. The van der Waals surface area contributed by atoms with Crippen LogP contribution in [0.3, 0.4) is 0 Å². The van der Waals surface area contributed by atoms with E-state index in [1.54, 1.807) is 24.3 Å². The number of ether oxygens (including phenoxy) is 1. The molecule has 0 saturated heterocycles. The SMILES string of the molecule is CNC(=O)c1cc(OC)ccc1NC(=O)/C=C/c1cccc(-c2ccccc2)c1. The van der Waals surface area contributed by atoms with Crippen LogP contribution in [-0.2, 0) is 4.79 Å². The first kappa shape index (κ1) is 19.9. The van der Waals surface area contributed by atoms with Crippen molar-refractivity contribution in [3.63, 3.8) is 0 Å². The van der Waals surface area contributed by atoms with Crippen LogP contribution in [0.25, 0.3) is 17.2 Å². The van der Waals surface area contributed by atoms with E-state index >= 15 is 0 Å². The highest BCUT2D eigenvalue weighted by Crippen LogP contribution is 2.23. The predicted molar refractivity (Wildman–Crippen MR) is 116 cm³/mol. The predicted octanol–water partition coefficient (Wildman–Crippen LogP) is 4.37. The van der Waals surface area contributed by atoms with Crippen molar-refractivity contribution >= 4 is 23.6 Å². The molecule has 5 heteroatoms. The summed E-state index contributed by atoms with van der Waals surface area (Å²) in [7, 11) is 3.06. The van der Waals surface area contributed by atoms with Crippen LogP contribution in [0.2, 0.25) is 0 Å². The van der Waals surface area contributed by atoms with Crippen molar-refractivity contribution in [3.05, 3.63) is 90.0 Å². The molecule has 0 atom stereocenters. The van der Waals surface area contributed by atoms with Crippen LogP contribution in [0.1, 0.15) is 15.9 Å². The van der Waals surface area contributed by atoms with Crippen LogP contribution in [0.5, 0.6) is 5.75 Å². The second-order valence-electron chi connectivity index (χ2n) is 6.30. The van der Waals surface area contributed by atoms with Gasteiger partial charge in [0.25, 0.3) is 5.91 Å². The number of rotatable bonds is 6. The summed E-state index contributed by atoms with van der Waals surface area (Å²) in [5.74, 6) is -0.0981. The molecule has 0 saturated carbocycles. The fraction of sp³-hybridized carbons (Fsp3) is 0.0833. The Hall–Kier alpha value is -3.86. The molecule has 0 aromatic heterocycles. The quantitative estimate of drug-likeness (QED) is 0.618. The minimum Gasteiger partial charge on any atom is -0.497 e. The molecule has 0 fully saturated rings. The molecular weight excluding hydrogens is 364 g/mol. The lowest BCUT2D eigenvalue weighted by molar-refractivity contribution is -0.111. The van der Waals surface area contributed by atoms with E-state index in [0.29, 0.717) is 17.0 Å². The standard InChI is InChI=1S/C24H22N2O3/c1-25-24(28)21-16-20(29-2)12-13-22(21)26-23(27)14-11-17-7-6-10-19(15-17)18-8-4-3-5-9-18/h3-16H,1-2H3,(H,25,28)(H,26,27)/b14-11+. The molecule has 5 nitrogen and oxygen atoms in total. The van der Waals surface area contributed by atoms with Crippen molar-refractivity contribution in [2.75, 3.05) is 19.5 Å². The number of benzene rings is 3. The molecule has 146 valence electrons. The van der Waals surface area contributed by atoms with E-state index in [2.05, 4.69) is 10.6 Å². The maximum absolute atomic E-state index is 12.4. The van der Waals surface area contributed by atoms with Crippen LogP contribution in [0.4, 0.5) is 5.69 Å². The third-order valence-electron chi connectivity index (χ3n) is 4.38. The number of anilines is 1. The molecule has 3 aromatic carbocycles. The Morgan fingerprint density at radius 2 is 1.66 bits per heavy atom. The van der Waals surface area contributed by atoms with Crippen molar-refractivity contribution in [2.24, 2.45) is 0 Å². The first-order chi connectivity index (χ1) is 14.1. The van der Waals surface area contributed by atoms with Crippen LogP contribution in [0, 0.1) is 0 Å². The van der Waals surface area contributed by atoms with E-state index in [4.69, 9.17) is 4.74 Å². The minimum absolute atomic E-state index is 0.307. The highest BCUT2D eigenvalue weighted by atomic mass is 16.5. The Bertz CT molecular complexity index is 1040. The largest absolute Gasteiger partial charge is 0.497 e. The molecule has 0 spiro atoms. The van der Waals surface area contributed by atoms with Gasteiger partial charge in [-0.25, -0.2) is 0 Å². The van der Waals surface area contributed by atoms with Gasteiger partial charge >= 0.3 is 0 Å². The topological polar surface area (TPSA) is 67.4 Å². The van der Waals surface area contributed by atoms with Gasteiger partial charge in [0.15, 0.2) is 0 Å². The maximum atomic E-state index is 12.4. The van der Waals surface area contributed by atoms with Gasteiger partial charge in [0, 0.05) is 13.1 Å². The van der Waals surface area contributed by atoms with Gasteiger partial charge in [-0.2, -0.15) is 0 Å². The number of hydrogen-bond donors (Lipinski definition) is 2. The van der Waals surface area contributed by atoms with Crippen molar-refractivity contribution in [2.45, 2.75) is 0 Å². The monoisotopic (exact) mass is 386 g/mol. The molecule has 0 heterocycles. The Kier molecular flexibility index (Phi) is 6.43. The highest BCUT2D eigenvalue weighted by molar-refractivity contribution is 6.07. The number of carbonyl (C=O) groups is 2. The fourth-order valence-electron chi connectivity index (χ4n) is 2.88. The van der Waals surface area contributed by atoms with E-state index in [-0.39, 0.29) is 11.8 Å². The first-order valence-electron chi connectivity index (χ1n) is 9.15. The van der Waals surface area contributed by atoms with Gasteiger partial charge in [0.2, 0.25) is 5.91 Å². The van der Waals surface area contributed by atoms with Gasteiger partial charge in [0.1, 0.15) is 5.75 Å². The van der Waals surface area contributed by atoms with E-state index in [9.17, 15) is 9.59 Å². The molecule has 2 amide bonds. The maximum Gasteiger partial charge on any atom is 0.253 e. The number of amides is 2. The van der Waals surface area contributed by atoms with Crippen LogP contribution in [-0.4, -0.2) is 26.0 Å². The minimum atomic E-state index is -0.328. The molecule has 0 bridgehead atoms. The Morgan fingerprint density at radius 3 is 2.38 bits per heavy atom. The summed E-state index contributed by atoms with van der Waals surface area (Å²) >= 11 is 0. The summed E-state index contributed by atoms with van der Waals surface area (Å²) in [5, 5.41) is 5.31. The molecule has 3 aromatic rings. The summed E-state index contributed by atoms with van der Waals surface area (Å²) < 4.78 is 5.16. The summed E-state index contributed by atoms with van der Waals surface area (Å²) in [6.45, 7) is 0. The molecule has 0 aliphatic heterocycles. The summed E-state index contributed by atoms with van der Waals surface area (Å²) in [6, 6.07) is 22.9. The average Bonchev–Trinajstić information content (AvgIpc) is 2.78. The van der Waals surface area contributed by atoms with Gasteiger partial charge in [-0.15, -0.1) is 0 Å². The molecule has 0 radical (unpaired) electrons. The van der Waals surface area contributed by atoms with Crippen molar-refractivity contribution in [3.8, 4) is 16.9 Å². The average molecular weight is 386 g/mol. The summed E-state index contributed by atoms with van der Waals surface area (Å²) in [6.07, 6.45) is 3.19. The molecule has 2 N–H and O–H groups in total. The molecule has 0 unspecified atom stereocenters. The van der Waals surface area contributed by atoms with Crippen molar-refractivity contribution < 1.29 is 14.3 Å². The zero-order valence-electron chi connectivity index (χ0n) is 16.3. The second kappa shape index (κ2) is 9.37. The van der Waals surface area contributed by atoms with Gasteiger partial charge < -0.3 is 15.4 Å². The van der Waals surface area contributed by atoms with Gasteiger partial charge in [0.05, 0.1) is 18.4 Å². The number of hydrogen-bond acceptors (Lipinski definition) is 3. The summed E-state index contributed by atoms with van der Waals surface area (Å²) in [5.41, 5.74) is 3.84. The summed E-state index contributed by atoms with van der Waals surface area (Å²) in [4.78, 5) is 24.5. The molecule has 0 aliphatic carbocycles. The molecule has 3 rings (SSSR count). The zero-order valence-corrected chi connectivity index (χ0v) is 16.3. The molecule has 0 aliphatic rings. The third kappa shape index (κ3) is 5.11. The van der Waals surface area contributed by atoms with E-state index in [1.807, 2.05) is 54.6 Å². The van der Waals surface area contributed by atoms with Gasteiger partial charge in [-0.3, -0.25) is 9.59 Å². The smallest absolute Gasteiger partial charge is 0.253 e.